The lowest BCUT2D eigenvalue weighted by Crippen LogP contribution is -2.27. The summed E-state index contributed by atoms with van der Waals surface area (Å²) in [5.74, 6) is -0.436. The number of rotatable bonds is 5. The van der Waals surface area contributed by atoms with E-state index in [1.165, 1.54) is 4.57 Å². The van der Waals surface area contributed by atoms with Gasteiger partial charge in [-0.25, -0.2) is 9.31 Å². The predicted octanol–water partition coefficient (Wildman–Crippen LogP) is 3.68. The average Bonchev–Trinajstić information content (AvgIpc) is 3.35. The number of hydrogen-bond acceptors (Lipinski definition) is 5. The van der Waals surface area contributed by atoms with Crippen LogP contribution in [0.4, 0.5) is 0 Å². The highest BCUT2D eigenvalue weighted by atomic mass is 16.5. The van der Waals surface area contributed by atoms with Gasteiger partial charge in [0.05, 0.1) is 41.2 Å². The molecule has 3 aromatic heterocycles. The molecule has 8 nitrogen and oxygen atoms in total. The van der Waals surface area contributed by atoms with E-state index in [-0.39, 0.29) is 18.8 Å². The Bertz CT molecular complexity index is 1570. The molecular formula is C25H23N5O3. The number of imidazole rings is 1. The van der Waals surface area contributed by atoms with Gasteiger partial charge in [0.25, 0.3) is 0 Å². The molecule has 5 aromatic rings. The van der Waals surface area contributed by atoms with Gasteiger partial charge in [0.15, 0.2) is 0 Å². The highest BCUT2D eigenvalue weighted by Gasteiger charge is 2.20. The number of carbonyl (C=O) groups excluding carboxylic acids is 1. The SMILES string of the molecule is CCOC(=O)Cn1c(=O)n(-c2ccc(-c3cnn4ccncc34)cc2C)c2c(C)cccc21. The van der Waals surface area contributed by atoms with Crippen LogP contribution in [-0.4, -0.2) is 36.3 Å². The highest BCUT2D eigenvalue weighted by molar-refractivity contribution is 5.84. The number of ether oxygens (including phenoxy) is 1. The molecule has 0 spiro atoms. The van der Waals surface area contributed by atoms with Crippen LogP contribution in [0.25, 0.3) is 33.4 Å². The molecule has 0 fully saturated rings. The Balaban J connectivity index is 1.67. The molecule has 0 aliphatic rings. The summed E-state index contributed by atoms with van der Waals surface area (Å²) in [6.45, 7) is 5.82. The minimum atomic E-state index is -0.436. The molecule has 33 heavy (non-hydrogen) atoms. The Morgan fingerprint density at radius 1 is 1.06 bits per heavy atom. The first-order valence-electron chi connectivity index (χ1n) is 10.7. The normalized spacial score (nSPS) is 11.4. The van der Waals surface area contributed by atoms with Crippen LogP contribution in [0.1, 0.15) is 18.1 Å². The molecule has 0 amide bonds. The number of esters is 1. The second-order valence-corrected chi connectivity index (χ2v) is 7.92. The van der Waals surface area contributed by atoms with E-state index in [9.17, 15) is 9.59 Å². The number of nitrogens with zero attached hydrogens (tertiary/aromatic N) is 5. The molecule has 2 aromatic carbocycles. The largest absolute Gasteiger partial charge is 0.465 e. The topological polar surface area (TPSA) is 83.4 Å². The third-order valence-electron chi connectivity index (χ3n) is 5.82. The molecule has 0 unspecified atom stereocenters. The van der Waals surface area contributed by atoms with Crippen molar-refractivity contribution in [2.75, 3.05) is 6.61 Å². The minimum absolute atomic E-state index is 0.133. The molecular weight excluding hydrogens is 418 g/mol. The first-order chi connectivity index (χ1) is 16.0. The van der Waals surface area contributed by atoms with Crippen LogP contribution in [0.5, 0.6) is 0 Å². The van der Waals surface area contributed by atoms with Gasteiger partial charge in [-0.2, -0.15) is 5.10 Å². The number of aromatic nitrogens is 5. The zero-order valence-corrected chi connectivity index (χ0v) is 18.6. The van der Waals surface area contributed by atoms with E-state index >= 15 is 0 Å². The molecule has 0 saturated carbocycles. The number of fused-ring (bicyclic) bond motifs is 2. The van der Waals surface area contributed by atoms with Crippen molar-refractivity contribution >= 4 is 22.5 Å². The summed E-state index contributed by atoms with van der Waals surface area (Å²) in [6.07, 6.45) is 7.09. The van der Waals surface area contributed by atoms with E-state index < -0.39 is 5.97 Å². The minimum Gasteiger partial charge on any atom is -0.465 e. The second kappa shape index (κ2) is 8.05. The van der Waals surface area contributed by atoms with Crippen molar-refractivity contribution in [1.29, 1.82) is 0 Å². The summed E-state index contributed by atoms with van der Waals surface area (Å²) in [5.41, 5.74) is 6.70. The van der Waals surface area contributed by atoms with Crippen LogP contribution in [0, 0.1) is 13.8 Å². The molecule has 8 heteroatoms. The summed E-state index contributed by atoms with van der Waals surface area (Å²) in [4.78, 5) is 29.9. The maximum absolute atomic E-state index is 13.5. The van der Waals surface area contributed by atoms with Gasteiger partial charge in [-0.3, -0.25) is 18.9 Å². The van der Waals surface area contributed by atoms with Crippen LogP contribution in [0.3, 0.4) is 0 Å². The monoisotopic (exact) mass is 441 g/mol. The number of benzene rings is 2. The summed E-state index contributed by atoms with van der Waals surface area (Å²) in [6, 6.07) is 11.7. The fraction of sp³-hybridized carbons (Fsp3) is 0.200. The molecule has 166 valence electrons. The lowest BCUT2D eigenvalue weighted by Gasteiger charge is -2.11. The van der Waals surface area contributed by atoms with Gasteiger partial charge in [0, 0.05) is 18.0 Å². The quantitative estimate of drug-likeness (QED) is 0.389. The average molecular weight is 441 g/mol. The van der Waals surface area contributed by atoms with Crippen molar-refractivity contribution < 1.29 is 9.53 Å². The van der Waals surface area contributed by atoms with Crippen molar-refractivity contribution in [2.45, 2.75) is 27.3 Å². The summed E-state index contributed by atoms with van der Waals surface area (Å²) >= 11 is 0. The van der Waals surface area contributed by atoms with Gasteiger partial charge in [-0.1, -0.05) is 18.2 Å². The molecule has 0 N–H and O–H groups in total. The van der Waals surface area contributed by atoms with Crippen LogP contribution < -0.4 is 5.69 Å². The van der Waals surface area contributed by atoms with E-state index in [0.717, 1.165) is 39.0 Å². The third kappa shape index (κ3) is 3.40. The summed E-state index contributed by atoms with van der Waals surface area (Å²) < 4.78 is 10.0. The van der Waals surface area contributed by atoms with E-state index in [1.807, 2.05) is 56.4 Å². The van der Waals surface area contributed by atoms with Gasteiger partial charge < -0.3 is 4.74 Å². The van der Waals surface area contributed by atoms with Gasteiger partial charge in [0.2, 0.25) is 0 Å². The first kappa shape index (κ1) is 20.7. The fourth-order valence-corrected chi connectivity index (χ4v) is 4.31. The van der Waals surface area contributed by atoms with E-state index in [1.54, 1.807) is 34.6 Å². The number of para-hydroxylation sites is 1. The lowest BCUT2D eigenvalue weighted by atomic mass is 10.0. The summed E-state index contributed by atoms with van der Waals surface area (Å²) in [5, 5.41) is 4.39. The van der Waals surface area contributed by atoms with Crippen molar-refractivity contribution in [2.24, 2.45) is 0 Å². The Labute approximate surface area is 189 Å². The first-order valence-corrected chi connectivity index (χ1v) is 10.7. The molecule has 0 bridgehead atoms. The molecule has 0 aliphatic carbocycles. The maximum Gasteiger partial charge on any atom is 0.334 e. The molecule has 0 aliphatic heterocycles. The van der Waals surface area contributed by atoms with Crippen molar-refractivity contribution in [3.63, 3.8) is 0 Å². The van der Waals surface area contributed by atoms with Gasteiger partial charge in [-0.15, -0.1) is 0 Å². The molecule has 3 heterocycles. The predicted molar refractivity (Wildman–Crippen MR) is 126 cm³/mol. The van der Waals surface area contributed by atoms with Crippen LogP contribution in [-0.2, 0) is 16.1 Å². The molecule has 5 rings (SSSR count). The van der Waals surface area contributed by atoms with Crippen LogP contribution in [0.2, 0.25) is 0 Å². The zero-order valence-electron chi connectivity index (χ0n) is 18.6. The van der Waals surface area contributed by atoms with Gasteiger partial charge in [-0.05, 0) is 55.7 Å². The van der Waals surface area contributed by atoms with Crippen LogP contribution >= 0.6 is 0 Å². The van der Waals surface area contributed by atoms with Crippen molar-refractivity contribution in [1.82, 2.24) is 23.7 Å². The standard InChI is InChI=1S/C25H23N5O3/c1-4-33-23(31)15-28-21-7-5-6-16(2)24(21)30(25(28)32)20-9-8-18(12-17(20)3)19-13-27-29-11-10-26-14-22(19)29/h5-14H,4,15H2,1-3H3. The van der Waals surface area contributed by atoms with Crippen LogP contribution in [0.15, 0.2) is 66.0 Å². The number of hydrogen-bond donors (Lipinski definition) is 0. The van der Waals surface area contributed by atoms with E-state index in [2.05, 4.69) is 10.1 Å². The fourth-order valence-electron chi connectivity index (χ4n) is 4.31. The summed E-state index contributed by atoms with van der Waals surface area (Å²) in [7, 11) is 0. The van der Waals surface area contributed by atoms with E-state index in [4.69, 9.17) is 4.74 Å². The third-order valence-corrected chi connectivity index (χ3v) is 5.82. The van der Waals surface area contributed by atoms with Crippen molar-refractivity contribution in [3.8, 4) is 16.8 Å². The Morgan fingerprint density at radius 3 is 2.70 bits per heavy atom. The lowest BCUT2D eigenvalue weighted by molar-refractivity contribution is -0.143. The van der Waals surface area contributed by atoms with Gasteiger partial charge in [0.1, 0.15) is 6.54 Å². The van der Waals surface area contributed by atoms with Gasteiger partial charge >= 0.3 is 11.7 Å². The zero-order chi connectivity index (χ0) is 23.1. The Hall–Kier alpha value is -4.20. The second-order valence-electron chi connectivity index (χ2n) is 7.92. The smallest absolute Gasteiger partial charge is 0.334 e. The van der Waals surface area contributed by atoms with E-state index in [0.29, 0.717) is 5.52 Å². The maximum atomic E-state index is 13.5. The van der Waals surface area contributed by atoms with Crippen molar-refractivity contribution in [3.05, 3.63) is 82.8 Å². The Kier molecular flexibility index (Phi) is 5.05. The molecule has 0 atom stereocenters. The highest BCUT2D eigenvalue weighted by Crippen LogP contribution is 2.29. The Morgan fingerprint density at radius 2 is 1.91 bits per heavy atom. The molecule has 0 radical (unpaired) electrons. The molecule has 0 saturated heterocycles. The number of aryl methyl sites for hydroxylation is 2. The number of carbonyl (C=O) groups is 1.